The van der Waals surface area contributed by atoms with Crippen molar-refractivity contribution < 1.29 is 17.6 Å². The first kappa shape index (κ1) is 23.1. The van der Waals surface area contributed by atoms with E-state index in [4.69, 9.17) is 0 Å². The fourth-order valence-electron chi connectivity index (χ4n) is 4.18. The van der Waals surface area contributed by atoms with Crippen LogP contribution in [0.25, 0.3) is 0 Å². The number of piperidine rings is 1. The third kappa shape index (κ3) is 5.67. The molecule has 1 fully saturated rings. The van der Waals surface area contributed by atoms with E-state index >= 15 is 0 Å². The van der Waals surface area contributed by atoms with Crippen molar-refractivity contribution in [3.8, 4) is 0 Å². The normalized spacial score (nSPS) is 15.3. The first-order valence-electron chi connectivity index (χ1n) is 11.1. The van der Waals surface area contributed by atoms with Gasteiger partial charge in [-0.3, -0.25) is 4.79 Å². The van der Waals surface area contributed by atoms with Crippen LogP contribution in [-0.4, -0.2) is 36.6 Å². The lowest BCUT2D eigenvalue weighted by Crippen LogP contribution is -2.44. The maximum absolute atomic E-state index is 13.5. The van der Waals surface area contributed by atoms with Crippen LogP contribution in [0, 0.1) is 11.7 Å². The molecule has 0 unspecified atom stereocenters. The number of carbonyl (C=O) groups is 1. The summed E-state index contributed by atoms with van der Waals surface area (Å²) in [5, 5.41) is 0. The Bertz CT molecular complexity index is 1120. The summed E-state index contributed by atoms with van der Waals surface area (Å²) in [6, 6.07) is 24.6. The maximum atomic E-state index is 13.5. The molecule has 0 saturated carbocycles. The molecular formula is C26H27FN2O3S. The van der Waals surface area contributed by atoms with Crippen LogP contribution in [0.4, 0.5) is 4.39 Å². The van der Waals surface area contributed by atoms with Crippen LogP contribution < -0.4 is 0 Å². The zero-order valence-corrected chi connectivity index (χ0v) is 19.1. The number of hydrogen-bond acceptors (Lipinski definition) is 3. The van der Waals surface area contributed by atoms with E-state index in [-0.39, 0.29) is 29.8 Å². The average Bonchev–Trinajstić information content (AvgIpc) is 2.85. The molecule has 33 heavy (non-hydrogen) atoms. The predicted molar refractivity (Wildman–Crippen MR) is 125 cm³/mol. The number of benzene rings is 3. The second-order valence-corrected chi connectivity index (χ2v) is 10.2. The molecule has 0 atom stereocenters. The van der Waals surface area contributed by atoms with Crippen molar-refractivity contribution in [2.24, 2.45) is 5.92 Å². The van der Waals surface area contributed by atoms with Gasteiger partial charge in [0.25, 0.3) is 0 Å². The zero-order valence-electron chi connectivity index (χ0n) is 18.3. The largest absolute Gasteiger partial charge is 0.334 e. The van der Waals surface area contributed by atoms with Gasteiger partial charge in [0, 0.05) is 32.1 Å². The third-order valence-electron chi connectivity index (χ3n) is 6.00. The van der Waals surface area contributed by atoms with Gasteiger partial charge in [-0.15, -0.1) is 0 Å². The Morgan fingerprint density at radius 1 is 0.818 bits per heavy atom. The van der Waals surface area contributed by atoms with Gasteiger partial charge in [0.05, 0.1) is 4.90 Å². The Balaban J connectivity index is 1.45. The number of hydrogen-bond donors (Lipinski definition) is 0. The molecule has 1 heterocycles. The Labute approximate surface area is 194 Å². The van der Waals surface area contributed by atoms with E-state index < -0.39 is 15.8 Å². The molecule has 0 spiro atoms. The van der Waals surface area contributed by atoms with Crippen LogP contribution >= 0.6 is 0 Å². The lowest BCUT2D eigenvalue weighted by atomic mass is 9.96. The molecule has 1 amide bonds. The van der Waals surface area contributed by atoms with E-state index in [9.17, 15) is 17.6 Å². The summed E-state index contributed by atoms with van der Waals surface area (Å²) in [5.74, 6) is -0.672. The Kier molecular flexibility index (Phi) is 7.20. The highest BCUT2D eigenvalue weighted by atomic mass is 32.2. The van der Waals surface area contributed by atoms with Crippen LogP contribution in [0.1, 0.15) is 24.0 Å². The van der Waals surface area contributed by atoms with Crippen LogP contribution in [0.3, 0.4) is 0 Å². The first-order chi connectivity index (χ1) is 15.9. The summed E-state index contributed by atoms with van der Waals surface area (Å²) in [6.45, 7) is 1.53. The van der Waals surface area contributed by atoms with E-state index in [1.54, 1.807) is 0 Å². The van der Waals surface area contributed by atoms with Crippen molar-refractivity contribution in [2.75, 3.05) is 13.1 Å². The molecule has 0 bridgehead atoms. The molecule has 0 aliphatic carbocycles. The van der Waals surface area contributed by atoms with Gasteiger partial charge in [-0.2, -0.15) is 4.31 Å². The molecule has 3 aromatic carbocycles. The van der Waals surface area contributed by atoms with Gasteiger partial charge in [-0.1, -0.05) is 60.7 Å². The molecular weight excluding hydrogens is 439 g/mol. The lowest BCUT2D eigenvalue weighted by molar-refractivity contribution is -0.138. The molecule has 1 saturated heterocycles. The highest BCUT2D eigenvalue weighted by molar-refractivity contribution is 7.89. The topological polar surface area (TPSA) is 57.7 Å². The van der Waals surface area contributed by atoms with Gasteiger partial charge >= 0.3 is 0 Å². The smallest absolute Gasteiger partial charge is 0.243 e. The molecule has 4 rings (SSSR count). The molecule has 172 valence electrons. The van der Waals surface area contributed by atoms with Crippen molar-refractivity contribution >= 4 is 15.9 Å². The number of nitrogens with zero attached hydrogens (tertiary/aromatic N) is 2. The summed E-state index contributed by atoms with van der Waals surface area (Å²) in [5.41, 5.74) is 2.11. The van der Waals surface area contributed by atoms with E-state index in [0.29, 0.717) is 25.9 Å². The Morgan fingerprint density at radius 2 is 1.30 bits per heavy atom. The maximum Gasteiger partial charge on any atom is 0.243 e. The highest BCUT2D eigenvalue weighted by Gasteiger charge is 2.34. The highest BCUT2D eigenvalue weighted by Crippen LogP contribution is 2.26. The first-order valence-corrected chi connectivity index (χ1v) is 12.5. The van der Waals surface area contributed by atoms with E-state index in [0.717, 1.165) is 23.3 Å². The fourth-order valence-corrected chi connectivity index (χ4v) is 5.65. The molecule has 0 N–H and O–H groups in total. The van der Waals surface area contributed by atoms with Crippen LogP contribution in [0.15, 0.2) is 89.8 Å². The van der Waals surface area contributed by atoms with E-state index in [1.165, 1.54) is 16.4 Å². The number of amides is 1. The Morgan fingerprint density at radius 3 is 1.79 bits per heavy atom. The summed E-state index contributed by atoms with van der Waals surface area (Å²) in [6.07, 6.45) is 0.915. The number of halogens is 1. The second kappa shape index (κ2) is 10.3. The number of sulfonamides is 1. The van der Waals surface area contributed by atoms with Crippen molar-refractivity contribution in [3.05, 3.63) is 102 Å². The second-order valence-electron chi connectivity index (χ2n) is 8.30. The van der Waals surface area contributed by atoms with Crippen molar-refractivity contribution in [1.82, 2.24) is 9.21 Å². The SMILES string of the molecule is O=C(C1CCN(S(=O)(=O)c2ccc(F)cc2)CC1)N(Cc1ccccc1)Cc1ccccc1. The van der Waals surface area contributed by atoms with E-state index in [1.807, 2.05) is 65.6 Å². The molecule has 7 heteroatoms. The molecule has 0 radical (unpaired) electrons. The van der Waals surface area contributed by atoms with Crippen LogP contribution in [0.5, 0.6) is 0 Å². The monoisotopic (exact) mass is 466 g/mol. The quantitative estimate of drug-likeness (QED) is 0.517. The van der Waals surface area contributed by atoms with E-state index in [2.05, 4.69) is 0 Å². The average molecular weight is 467 g/mol. The fraction of sp³-hybridized carbons (Fsp3) is 0.269. The molecule has 3 aromatic rings. The standard InChI is InChI=1S/C26H27FN2O3S/c27-24-11-13-25(14-12-24)33(31,32)29-17-15-23(16-18-29)26(30)28(19-21-7-3-1-4-8-21)20-22-9-5-2-6-10-22/h1-14,23H,15-20H2. The minimum Gasteiger partial charge on any atom is -0.334 e. The minimum atomic E-state index is -3.70. The van der Waals surface area contributed by atoms with Gasteiger partial charge in [0.2, 0.25) is 15.9 Å². The molecule has 1 aliphatic rings. The van der Waals surface area contributed by atoms with Crippen molar-refractivity contribution in [3.63, 3.8) is 0 Å². The third-order valence-corrected chi connectivity index (χ3v) is 7.91. The molecule has 1 aliphatic heterocycles. The zero-order chi connectivity index (χ0) is 23.3. The predicted octanol–water partition coefficient (Wildman–Crippen LogP) is 4.46. The summed E-state index contributed by atoms with van der Waals surface area (Å²) >= 11 is 0. The Hall–Kier alpha value is -3.03. The van der Waals surface area contributed by atoms with Crippen molar-refractivity contribution in [2.45, 2.75) is 30.8 Å². The number of carbonyl (C=O) groups excluding carboxylic acids is 1. The van der Waals surface area contributed by atoms with Crippen molar-refractivity contribution in [1.29, 1.82) is 0 Å². The van der Waals surface area contributed by atoms with Gasteiger partial charge in [0.1, 0.15) is 5.82 Å². The summed E-state index contributed by atoms with van der Waals surface area (Å²) in [4.78, 5) is 15.4. The minimum absolute atomic E-state index is 0.0431. The summed E-state index contributed by atoms with van der Waals surface area (Å²) in [7, 11) is -3.70. The van der Waals surface area contributed by atoms with Gasteiger partial charge < -0.3 is 4.90 Å². The lowest BCUT2D eigenvalue weighted by Gasteiger charge is -2.34. The molecule has 0 aromatic heterocycles. The van der Waals surface area contributed by atoms with Gasteiger partial charge in [-0.25, -0.2) is 12.8 Å². The van der Waals surface area contributed by atoms with Crippen LogP contribution in [-0.2, 0) is 27.9 Å². The molecule has 5 nitrogen and oxygen atoms in total. The number of rotatable bonds is 7. The summed E-state index contributed by atoms with van der Waals surface area (Å²) < 4.78 is 40.4. The van der Waals surface area contributed by atoms with Gasteiger partial charge in [-0.05, 0) is 48.2 Å². The van der Waals surface area contributed by atoms with Crippen LogP contribution in [0.2, 0.25) is 0 Å². The van der Waals surface area contributed by atoms with Gasteiger partial charge in [0.15, 0.2) is 0 Å².